The molecule has 0 bridgehead atoms. The Labute approximate surface area is 72.8 Å². The van der Waals surface area contributed by atoms with Gasteiger partial charge in [-0.25, -0.2) is 0 Å². The Morgan fingerprint density at radius 1 is 0.571 bits per heavy atom. The molecule has 7 heteroatoms. The van der Waals surface area contributed by atoms with E-state index in [0.717, 1.165) is 0 Å². The fourth-order valence-corrected chi connectivity index (χ4v) is 0. The molecule has 0 unspecified atom stereocenters. The molecule has 0 aliphatic carbocycles. The third-order valence-electron chi connectivity index (χ3n) is 0. The maximum Gasteiger partial charge on any atom is 2.00 e. The van der Waals surface area contributed by atoms with Gasteiger partial charge in [0.05, 0.1) is 0 Å². The molecule has 0 spiro atoms. The van der Waals surface area contributed by atoms with Gasteiger partial charge in [0.15, 0.2) is 0 Å². The second kappa shape index (κ2) is 157. The topological polar surface area (TPSA) is 123 Å². The minimum atomic E-state index is 0. The fourth-order valence-electron chi connectivity index (χ4n) is 0. The molecule has 4 nitrogen and oxygen atoms in total. The Hall–Kier alpha value is 1.39. The van der Waals surface area contributed by atoms with Crippen LogP contribution in [0.4, 0.5) is 0 Å². The Balaban J connectivity index is 0. The summed E-state index contributed by atoms with van der Waals surface area (Å²) < 4.78 is 0. The molecule has 0 aliphatic rings. The summed E-state index contributed by atoms with van der Waals surface area (Å²) in [6.07, 6.45) is 0. The van der Waals surface area contributed by atoms with Crippen LogP contribution in [-0.2, 0) is 50.9 Å². The summed E-state index contributed by atoms with van der Waals surface area (Å²) in [5.74, 6) is 0. The first-order chi connectivity index (χ1) is 0. The van der Waals surface area contributed by atoms with Gasteiger partial charge in [-0.15, -0.1) is 0 Å². The van der Waals surface area contributed by atoms with Gasteiger partial charge >= 0.3 is 16.8 Å². The molecule has 0 aromatic rings. The van der Waals surface area contributed by atoms with Crippen molar-refractivity contribution in [3.8, 4) is 0 Å². The normalized spacial score (nSPS) is 0. The van der Waals surface area contributed by atoms with Crippen molar-refractivity contribution in [2.24, 2.45) is 0 Å². The van der Waals surface area contributed by atoms with Crippen LogP contribution in [-0.4, -0.2) is 21.9 Å². The van der Waals surface area contributed by atoms with Crippen LogP contribution >= 0.6 is 0 Å². The SMILES string of the molecule is O.O.[Co+2].[Fe].[Fe].[OH-].[OH-]. The van der Waals surface area contributed by atoms with Crippen LogP contribution in [0.3, 0.4) is 0 Å². The first-order valence-corrected chi connectivity index (χ1v) is 0. The molecule has 1 radical (unpaired) electrons. The van der Waals surface area contributed by atoms with E-state index in [0.29, 0.717) is 0 Å². The molecule has 0 heterocycles. The summed E-state index contributed by atoms with van der Waals surface area (Å²) in [5.41, 5.74) is 0. The van der Waals surface area contributed by atoms with Crippen molar-refractivity contribution in [2.75, 3.05) is 0 Å². The van der Waals surface area contributed by atoms with Gasteiger partial charge in [0.1, 0.15) is 0 Å². The van der Waals surface area contributed by atoms with Crippen molar-refractivity contribution in [1.82, 2.24) is 0 Å². The summed E-state index contributed by atoms with van der Waals surface area (Å²) in [7, 11) is 0. The zero-order chi connectivity index (χ0) is 0. The predicted octanol–water partition coefficient (Wildman–Crippen LogP) is -2.01. The van der Waals surface area contributed by atoms with Gasteiger partial charge in [-0.3, -0.25) is 0 Å². The average molecular weight is 241 g/mol. The van der Waals surface area contributed by atoms with Crippen LogP contribution in [0, 0.1) is 0 Å². The van der Waals surface area contributed by atoms with E-state index in [1.165, 1.54) is 0 Å². The second-order valence-electron chi connectivity index (χ2n) is 0. The summed E-state index contributed by atoms with van der Waals surface area (Å²) in [6, 6.07) is 0. The van der Waals surface area contributed by atoms with Crippen molar-refractivity contribution >= 4 is 0 Å². The Morgan fingerprint density at radius 2 is 0.571 bits per heavy atom. The Bertz CT molecular complexity index is 9.65. The van der Waals surface area contributed by atoms with E-state index in [1.54, 1.807) is 0 Å². The molecule has 0 aromatic heterocycles. The van der Waals surface area contributed by atoms with Crippen molar-refractivity contribution in [2.45, 2.75) is 0 Å². The Kier molecular flexibility index (Phi) is 5340. The third-order valence-corrected chi connectivity index (χ3v) is 0. The standard InChI is InChI=1S/Co.2Fe.4H2O/h;;;4*1H2/q+2;;;;;;/p-2. The van der Waals surface area contributed by atoms with Crippen molar-refractivity contribution in [1.29, 1.82) is 0 Å². The summed E-state index contributed by atoms with van der Waals surface area (Å²) in [6.45, 7) is 0. The van der Waals surface area contributed by atoms with Gasteiger partial charge in [-0.05, 0) is 0 Å². The molecule has 0 saturated carbocycles. The molecular weight excluding hydrogens is 235 g/mol. The van der Waals surface area contributed by atoms with Crippen LogP contribution in [0.1, 0.15) is 0 Å². The second-order valence-corrected chi connectivity index (χ2v) is 0. The monoisotopic (exact) mass is 241 g/mol. The predicted molar refractivity (Wildman–Crippen MR) is 11.1 cm³/mol. The van der Waals surface area contributed by atoms with Gasteiger partial charge in [-0.1, -0.05) is 0 Å². The van der Waals surface area contributed by atoms with Gasteiger partial charge in [0.25, 0.3) is 0 Å². The van der Waals surface area contributed by atoms with E-state index in [4.69, 9.17) is 0 Å². The summed E-state index contributed by atoms with van der Waals surface area (Å²) in [4.78, 5) is 0. The van der Waals surface area contributed by atoms with E-state index in [9.17, 15) is 0 Å². The smallest absolute Gasteiger partial charge is 0.870 e. The van der Waals surface area contributed by atoms with Gasteiger partial charge in [0.2, 0.25) is 0 Å². The quantitative estimate of drug-likeness (QED) is 0.454. The first kappa shape index (κ1) is 238. The van der Waals surface area contributed by atoms with Crippen LogP contribution in [0.25, 0.3) is 0 Å². The van der Waals surface area contributed by atoms with Crippen molar-refractivity contribution in [3.63, 3.8) is 0 Å². The maximum absolute atomic E-state index is 0. The van der Waals surface area contributed by atoms with Gasteiger partial charge in [-0.2, -0.15) is 0 Å². The summed E-state index contributed by atoms with van der Waals surface area (Å²) in [5, 5.41) is 0. The van der Waals surface area contributed by atoms with Crippen molar-refractivity contribution in [3.05, 3.63) is 0 Å². The van der Waals surface area contributed by atoms with Crippen molar-refractivity contribution < 1.29 is 72.8 Å². The Morgan fingerprint density at radius 3 is 0.571 bits per heavy atom. The number of hydrogen-bond acceptors (Lipinski definition) is 2. The molecule has 0 amide bonds. The minimum Gasteiger partial charge on any atom is -0.870 e. The molecule has 0 fully saturated rings. The van der Waals surface area contributed by atoms with Crippen LogP contribution < -0.4 is 0 Å². The molecule has 0 atom stereocenters. The zero-order valence-electron chi connectivity index (χ0n) is 2.93. The third kappa shape index (κ3) is 112. The molecule has 0 aromatic carbocycles. The molecular formula is H6CoFe2O4. The van der Waals surface area contributed by atoms with E-state index >= 15 is 0 Å². The summed E-state index contributed by atoms with van der Waals surface area (Å²) >= 11 is 0. The van der Waals surface area contributed by atoms with Gasteiger partial charge in [0, 0.05) is 34.1 Å². The molecule has 0 aliphatic heterocycles. The molecule has 0 rings (SSSR count). The van der Waals surface area contributed by atoms with E-state index in [1.807, 2.05) is 0 Å². The largest absolute Gasteiger partial charge is 2.00 e. The van der Waals surface area contributed by atoms with Gasteiger partial charge < -0.3 is 21.9 Å². The molecule has 55 valence electrons. The average Bonchev–Trinajstić information content (AvgIpc) is 0. The van der Waals surface area contributed by atoms with Crippen LogP contribution in [0.15, 0.2) is 0 Å². The zero-order valence-corrected chi connectivity index (χ0v) is 6.18. The van der Waals surface area contributed by atoms with Crippen LogP contribution in [0.2, 0.25) is 0 Å². The van der Waals surface area contributed by atoms with Crippen LogP contribution in [0.5, 0.6) is 0 Å². The maximum atomic E-state index is 0. The van der Waals surface area contributed by atoms with E-state index in [-0.39, 0.29) is 72.8 Å². The van der Waals surface area contributed by atoms with E-state index < -0.39 is 0 Å². The minimum absolute atomic E-state index is 0. The fraction of sp³-hybridized carbons (Fsp3) is 0. The first-order valence-electron chi connectivity index (χ1n) is 0. The number of rotatable bonds is 0. The molecule has 0 saturated heterocycles. The molecule has 6 N–H and O–H groups in total. The number of hydrogen-bond donors (Lipinski definition) is 0. The molecule has 7 heavy (non-hydrogen) atoms. The van der Waals surface area contributed by atoms with E-state index in [2.05, 4.69) is 0 Å².